The second-order valence-electron chi connectivity index (χ2n) is 16.3. The van der Waals surface area contributed by atoms with Crippen LogP contribution in [0.1, 0.15) is 213 Å². The Morgan fingerprint density at radius 2 is 0.651 bits per heavy atom. The molecule has 0 radical (unpaired) electrons. The molecule has 356 valence electrons. The van der Waals surface area contributed by atoms with Gasteiger partial charge in [0.2, 0.25) is 0 Å². The highest BCUT2D eigenvalue weighted by molar-refractivity contribution is 5.71. The lowest BCUT2D eigenvalue weighted by Crippen LogP contribution is -2.30. The molecule has 6 heteroatoms. The molecule has 1 atom stereocenters. The van der Waals surface area contributed by atoms with Crippen LogP contribution in [0.25, 0.3) is 0 Å². The van der Waals surface area contributed by atoms with Gasteiger partial charge in [-0.3, -0.25) is 14.4 Å². The van der Waals surface area contributed by atoms with E-state index < -0.39 is 12.1 Å². The number of ether oxygens (including phenoxy) is 3. The first-order valence-corrected chi connectivity index (χ1v) is 25.4. The van der Waals surface area contributed by atoms with Gasteiger partial charge in [0.1, 0.15) is 13.2 Å². The molecule has 0 heterocycles. The average molecular weight is 873 g/mol. The highest BCUT2D eigenvalue weighted by Gasteiger charge is 2.19. The normalized spacial score (nSPS) is 13.0. The standard InChI is InChI=1S/C57H92O6/c1-4-7-10-13-15-17-19-21-23-25-27-28-30-31-33-35-37-39-41-44-47-50-56(59)62-53-54(52-61-55(58)49-46-43-12-9-6-3)63-57(60)51-48-45-42-40-38-36-34-32-29-26-24-22-20-18-16-14-11-8-5-2/h8,11,16,18-19,21-22,24-25,27,29-32,36,38,42,45,54H,4-7,9-10,12-15,17,20,23,26,28,33-35,37,39-41,43-44,46-53H2,1-3H3/b11-8-,18-16-,21-19-,24-22-,27-25-,31-30-,32-29-,38-36-,45-42-. The van der Waals surface area contributed by atoms with E-state index in [1.807, 2.05) is 12.2 Å². The minimum absolute atomic E-state index is 0.116. The third-order valence-electron chi connectivity index (χ3n) is 10.3. The Kier molecular flexibility index (Phi) is 47.5. The molecule has 0 aromatic heterocycles. The van der Waals surface area contributed by atoms with Crippen LogP contribution >= 0.6 is 0 Å². The van der Waals surface area contributed by atoms with E-state index >= 15 is 0 Å². The molecule has 1 unspecified atom stereocenters. The third kappa shape index (κ3) is 49.0. The maximum absolute atomic E-state index is 12.7. The van der Waals surface area contributed by atoms with Crippen molar-refractivity contribution >= 4 is 17.9 Å². The maximum atomic E-state index is 12.7. The molecule has 0 aliphatic rings. The Labute approximate surface area is 387 Å². The molecule has 0 N–H and O–H groups in total. The Morgan fingerprint density at radius 3 is 1.03 bits per heavy atom. The second-order valence-corrected chi connectivity index (χ2v) is 16.3. The summed E-state index contributed by atoms with van der Waals surface area (Å²) in [4.78, 5) is 37.6. The number of allylic oxidation sites excluding steroid dienone is 18. The zero-order valence-corrected chi connectivity index (χ0v) is 40.5. The van der Waals surface area contributed by atoms with Crippen LogP contribution < -0.4 is 0 Å². The molecule has 0 aliphatic heterocycles. The zero-order valence-electron chi connectivity index (χ0n) is 40.5. The van der Waals surface area contributed by atoms with Crippen molar-refractivity contribution in [2.75, 3.05) is 13.2 Å². The van der Waals surface area contributed by atoms with Crippen LogP contribution in [-0.4, -0.2) is 37.2 Å². The summed E-state index contributed by atoms with van der Waals surface area (Å²) in [7, 11) is 0. The quantitative estimate of drug-likeness (QED) is 0.0263. The van der Waals surface area contributed by atoms with Crippen LogP contribution in [0, 0.1) is 0 Å². The molecule has 0 fully saturated rings. The van der Waals surface area contributed by atoms with Gasteiger partial charge in [-0.25, -0.2) is 0 Å². The van der Waals surface area contributed by atoms with Crippen LogP contribution in [0.5, 0.6) is 0 Å². The summed E-state index contributed by atoms with van der Waals surface area (Å²) in [5, 5.41) is 0. The number of hydrogen-bond acceptors (Lipinski definition) is 6. The van der Waals surface area contributed by atoms with E-state index in [4.69, 9.17) is 14.2 Å². The molecule has 0 aromatic rings. The highest BCUT2D eigenvalue weighted by atomic mass is 16.6. The lowest BCUT2D eigenvalue weighted by Gasteiger charge is -2.18. The van der Waals surface area contributed by atoms with Gasteiger partial charge in [-0.05, 0) is 96.3 Å². The van der Waals surface area contributed by atoms with Crippen LogP contribution in [0.2, 0.25) is 0 Å². The highest BCUT2D eigenvalue weighted by Crippen LogP contribution is 2.12. The third-order valence-corrected chi connectivity index (χ3v) is 10.3. The zero-order chi connectivity index (χ0) is 45.8. The lowest BCUT2D eigenvalue weighted by molar-refractivity contribution is -0.166. The lowest BCUT2D eigenvalue weighted by atomic mass is 10.1. The molecule has 0 aliphatic carbocycles. The summed E-state index contributed by atoms with van der Waals surface area (Å²) in [6, 6.07) is 0. The first-order valence-electron chi connectivity index (χ1n) is 25.4. The smallest absolute Gasteiger partial charge is 0.306 e. The molecule has 0 aromatic carbocycles. The summed E-state index contributed by atoms with van der Waals surface area (Å²) in [5.74, 6) is -1.03. The largest absolute Gasteiger partial charge is 0.462 e. The van der Waals surface area contributed by atoms with Gasteiger partial charge in [-0.2, -0.15) is 0 Å². The summed E-state index contributed by atoms with van der Waals surface area (Å²) in [6.45, 7) is 6.33. The van der Waals surface area contributed by atoms with Crippen LogP contribution in [0.15, 0.2) is 109 Å². The van der Waals surface area contributed by atoms with Crippen molar-refractivity contribution in [1.82, 2.24) is 0 Å². The molecule has 0 amide bonds. The predicted octanol–water partition coefficient (Wildman–Crippen LogP) is 16.8. The van der Waals surface area contributed by atoms with Gasteiger partial charge in [0.05, 0.1) is 0 Å². The fraction of sp³-hybridized carbons (Fsp3) is 0.632. The second kappa shape index (κ2) is 50.7. The SMILES string of the molecule is CC/C=C\C/C=C\C/C=C\C/C=C\C/C=C\C/C=C\CCC(=O)OC(COC(=O)CCCCCCC)COC(=O)CCCCCCCC/C=C\C/C=C\C/C=C\CCCCCCC. The van der Waals surface area contributed by atoms with E-state index in [9.17, 15) is 14.4 Å². The first kappa shape index (κ1) is 59.1. The number of rotatable bonds is 44. The van der Waals surface area contributed by atoms with Crippen molar-refractivity contribution in [1.29, 1.82) is 0 Å². The average Bonchev–Trinajstić information content (AvgIpc) is 3.28. The molecule has 0 saturated carbocycles. The van der Waals surface area contributed by atoms with Crippen molar-refractivity contribution in [2.45, 2.75) is 219 Å². The fourth-order valence-electron chi connectivity index (χ4n) is 6.47. The van der Waals surface area contributed by atoms with Gasteiger partial charge in [0, 0.05) is 19.3 Å². The summed E-state index contributed by atoms with van der Waals surface area (Å²) >= 11 is 0. The maximum Gasteiger partial charge on any atom is 0.306 e. The monoisotopic (exact) mass is 873 g/mol. The molecule has 0 spiro atoms. The van der Waals surface area contributed by atoms with E-state index in [-0.39, 0.29) is 31.6 Å². The number of hydrogen-bond donors (Lipinski definition) is 0. The van der Waals surface area contributed by atoms with E-state index in [2.05, 4.69) is 118 Å². The number of esters is 3. The summed E-state index contributed by atoms with van der Waals surface area (Å²) in [5.41, 5.74) is 0. The first-order chi connectivity index (χ1) is 31.0. The van der Waals surface area contributed by atoms with Gasteiger partial charge in [-0.1, -0.05) is 207 Å². The van der Waals surface area contributed by atoms with Gasteiger partial charge >= 0.3 is 17.9 Å². The van der Waals surface area contributed by atoms with Crippen molar-refractivity contribution < 1.29 is 28.6 Å². The molecule has 0 rings (SSSR count). The van der Waals surface area contributed by atoms with Crippen LogP contribution in [0.4, 0.5) is 0 Å². The van der Waals surface area contributed by atoms with E-state index in [0.29, 0.717) is 19.3 Å². The Morgan fingerprint density at radius 1 is 0.333 bits per heavy atom. The van der Waals surface area contributed by atoms with Crippen molar-refractivity contribution in [3.8, 4) is 0 Å². The predicted molar refractivity (Wildman–Crippen MR) is 270 cm³/mol. The topological polar surface area (TPSA) is 78.9 Å². The van der Waals surface area contributed by atoms with E-state index in [0.717, 1.165) is 116 Å². The van der Waals surface area contributed by atoms with Gasteiger partial charge in [0.15, 0.2) is 6.10 Å². The Balaban J connectivity index is 4.33. The van der Waals surface area contributed by atoms with Crippen molar-refractivity contribution in [3.63, 3.8) is 0 Å². The Hall–Kier alpha value is -3.93. The molecular weight excluding hydrogens is 781 g/mol. The molecule has 0 saturated heterocycles. The minimum atomic E-state index is -0.822. The van der Waals surface area contributed by atoms with Crippen molar-refractivity contribution in [3.05, 3.63) is 109 Å². The van der Waals surface area contributed by atoms with E-state index in [1.165, 1.54) is 51.4 Å². The van der Waals surface area contributed by atoms with Crippen LogP contribution in [0.3, 0.4) is 0 Å². The summed E-state index contributed by atoms with van der Waals surface area (Å²) < 4.78 is 16.6. The molecule has 6 nitrogen and oxygen atoms in total. The summed E-state index contributed by atoms with van der Waals surface area (Å²) in [6.07, 6.45) is 68.4. The molecule has 63 heavy (non-hydrogen) atoms. The Bertz CT molecular complexity index is 1330. The minimum Gasteiger partial charge on any atom is -0.462 e. The van der Waals surface area contributed by atoms with E-state index in [1.54, 1.807) is 0 Å². The van der Waals surface area contributed by atoms with Gasteiger partial charge < -0.3 is 14.2 Å². The molecular formula is C57H92O6. The van der Waals surface area contributed by atoms with Gasteiger partial charge in [0.25, 0.3) is 0 Å². The number of unbranched alkanes of at least 4 members (excludes halogenated alkanes) is 15. The molecule has 0 bridgehead atoms. The van der Waals surface area contributed by atoms with Crippen molar-refractivity contribution in [2.24, 2.45) is 0 Å². The van der Waals surface area contributed by atoms with Gasteiger partial charge in [-0.15, -0.1) is 0 Å². The fourth-order valence-corrected chi connectivity index (χ4v) is 6.47. The van der Waals surface area contributed by atoms with Crippen LogP contribution in [-0.2, 0) is 28.6 Å². The number of carbonyl (C=O) groups is 3. The number of carbonyl (C=O) groups excluding carboxylic acids is 3.